The summed E-state index contributed by atoms with van der Waals surface area (Å²) in [6.45, 7) is 2.55. The van der Waals surface area contributed by atoms with E-state index in [-0.39, 0.29) is 12.1 Å². The Labute approximate surface area is 188 Å². The summed E-state index contributed by atoms with van der Waals surface area (Å²) in [5.41, 5.74) is 8.83. The molecule has 6 nitrogen and oxygen atoms in total. The summed E-state index contributed by atoms with van der Waals surface area (Å²) in [6.07, 6.45) is 1.38. The molecule has 3 aromatic rings. The lowest BCUT2D eigenvalue weighted by molar-refractivity contribution is 0.00628. The molecule has 1 amide bonds. The van der Waals surface area contributed by atoms with Crippen LogP contribution in [0.4, 0.5) is 15.9 Å². The van der Waals surface area contributed by atoms with Gasteiger partial charge in [0.15, 0.2) is 0 Å². The molecule has 2 atom stereocenters. The van der Waals surface area contributed by atoms with Gasteiger partial charge in [0.05, 0.1) is 12.8 Å². The van der Waals surface area contributed by atoms with E-state index in [0.29, 0.717) is 43.1 Å². The molecule has 32 heavy (non-hydrogen) atoms. The van der Waals surface area contributed by atoms with Crippen LogP contribution in [0, 0.1) is 0 Å². The van der Waals surface area contributed by atoms with Crippen molar-refractivity contribution in [2.24, 2.45) is 0 Å². The molecule has 0 aliphatic carbocycles. The number of alkyl halides is 1. The maximum atomic E-state index is 13.4. The number of nitrogens with one attached hydrogen (secondary N) is 2. The van der Waals surface area contributed by atoms with Crippen molar-refractivity contribution in [1.29, 1.82) is 0 Å². The largest absolute Gasteiger partial charge is 0.384 e. The fraction of sp³-hybridized carbons (Fsp3) is 0.280. The number of nitrogens with zero attached hydrogens (tertiary/aromatic N) is 1. The summed E-state index contributed by atoms with van der Waals surface area (Å²) < 4.78 is 19.3. The monoisotopic (exact) mass is 436 g/mol. The van der Waals surface area contributed by atoms with Gasteiger partial charge in [-0.3, -0.25) is 10.1 Å². The molecule has 7 heteroatoms. The fourth-order valence-corrected chi connectivity index (χ4v) is 3.13. The summed E-state index contributed by atoms with van der Waals surface area (Å²) in [4.78, 5) is 16.3. The van der Waals surface area contributed by atoms with Crippen molar-refractivity contribution in [3.63, 3.8) is 0 Å². The molecule has 0 spiro atoms. The highest BCUT2D eigenvalue weighted by Crippen LogP contribution is 2.13. The fourth-order valence-electron chi connectivity index (χ4n) is 3.13. The third-order valence-electron chi connectivity index (χ3n) is 4.91. The molecule has 1 heterocycles. The molecule has 0 saturated heterocycles. The van der Waals surface area contributed by atoms with E-state index in [9.17, 15) is 9.18 Å². The van der Waals surface area contributed by atoms with E-state index in [0.717, 1.165) is 11.1 Å². The van der Waals surface area contributed by atoms with E-state index < -0.39 is 6.17 Å². The summed E-state index contributed by atoms with van der Waals surface area (Å²) >= 11 is 0. The third-order valence-corrected chi connectivity index (χ3v) is 4.91. The van der Waals surface area contributed by atoms with Gasteiger partial charge in [0.2, 0.25) is 0 Å². The molecule has 0 fully saturated rings. The van der Waals surface area contributed by atoms with Crippen molar-refractivity contribution in [3.05, 3.63) is 89.6 Å². The Hall–Kier alpha value is -3.29. The predicted molar refractivity (Wildman–Crippen MR) is 125 cm³/mol. The zero-order valence-corrected chi connectivity index (χ0v) is 18.1. The van der Waals surface area contributed by atoms with Crippen molar-refractivity contribution >= 4 is 17.4 Å². The molecule has 0 aliphatic heterocycles. The minimum Gasteiger partial charge on any atom is -0.384 e. The van der Waals surface area contributed by atoms with Crippen LogP contribution in [0.2, 0.25) is 0 Å². The first-order valence-electron chi connectivity index (χ1n) is 10.6. The number of aromatic nitrogens is 1. The van der Waals surface area contributed by atoms with Gasteiger partial charge < -0.3 is 15.8 Å². The molecule has 4 N–H and O–H groups in total. The van der Waals surface area contributed by atoms with E-state index in [2.05, 4.69) is 15.6 Å². The van der Waals surface area contributed by atoms with Crippen LogP contribution in [0.15, 0.2) is 72.9 Å². The van der Waals surface area contributed by atoms with E-state index >= 15 is 0 Å². The number of carbonyl (C=O) groups excluding carboxylic acids is 1. The van der Waals surface area contributed by atoms with E-state index in [1.165, 1.54) is 0 Å². The van der Waals surface area contributed by atoms with Crippen LogP contribution in [-0.2, 0) is 17.9 Å². The lowest BCUT2D eigenvalue weighted by atomic mass is 10.1. The number of ether oxygens (including phenoxy) is 1. The standard InChI is InChI=1S/C25H29FN4O2/c1-18(26)7-12-24(32-17-20-5-3-2-4-6-20)29-16-19-8-10-21(11-9-19)25(31)30-22-13-14-28-23(27)15-22/h2-6,8-11,13-15,18,24,29H,7,12,16-17H2,1H3,(H3,27,28,30,31). The molecule has 2 aromatic carbocycles. The number of hydrogen-bond donors (Lipinski definition) is 3. The average molecular weight is 437 g/mol. The van der Waals surface area contributed by atoms with Crippen LogP contribution in [0.25, 0.3) is 0 Å². The van der Waals surface area contributed by atoms with Gasteiger partial charge in [-0.15, -0.1) is 0 Å². The number of pyridine rings is 1. The van der Waals surface area contributed by atoms with Crippen LogP contribution in [-0.4, -0.2) is 23.3 Å². The average Bonchev–Trinajstić information content (AvgIpc) is 2.79. The Kier molecular flexibility index (Phi) is 8.71. The molecule has 1 aromatic heterocycles. The summed E-state index contributed by atoms with van der Waals surface area (Å²) in [5.74, 6) is 0.117. The summed E-state index contributed by atoms with van der Waals surface area (Å²) in [5, 5.41) is 6.14. The molecule has 3 rings (SSSR count). The zero-order valence-electron chi connectivity index (χ0n) is 18.1. The number of carbonyl (C=O) groups is 1. The smallest absolute Gasteiger partial charge is 0.255 e. The highest BCUT2D eigenvalue weighted by molar-refractivity contribution is 6.04. The Bertz CT molecular complexity index is 981. The Balaban J connectivity index is 1.53. The Morgan fingerprint density at radius 2 is 1.81 bits per heavy atom. The quantitative estimate of drug-likeness (QED) is 0.380. The first-order chi connectivity index (χ1) is 15.5. The van der Waals surface area contributed by atoms with Crippen molar-refractivity contribution in [1.82, 2.24) is 10.3 Å². The van der Waals surface area contributed by atoms with E-state index in [1.807, 2.05) is 42.5 Å². The summed E-state index contributed by atoms with van der Waals surface area (Å²) in [7, 11) is 0. The zero-order chi connectivity index (χ0) is 22.8. The van der Waals surface area contributed by atoms with Crippen molar-refractivity contribution in [3.8, 4) is 0 Å². The van der Waals surface area contributed by atoms with Crippen LogP contribution in [0.1, 0.15) is 41.3 Å². The molecular weight excluding hydrogens is 407 g/mol. The minimum absolute atomic E-state index is 0.226. The number of hydrogen-bond acceptors (Lipinski definition) is 5. The molecule has 168 valence electrons. The first kappa shape index (κ1) is 23.4. The second-order valence-electron chi connectivity index (χ2n) is 7.64. The molecule has 0 saturated carbocycles. The van der Waals surface area contributed by atoms with Gasteiger partial charge >= 0.3 is 0 Å². The second kappa shape index (κ2) is 11.9. The second-order valence-corrected chi connectivity index (χ2v) is 7.64. The first-order valence-corrected chi connectivity index (χ1v) is 10.6. The molecule has 0 aliphatic rings. The normalized spacial score (nSPS) is 12.8. The number of halogens is 1. The number of anilines is 2. The van der Waals surface area contributed by atoms with Gasteiger partial charge in [0, 0.05) is 30.1 Å². The topological polar surface area (TPSA) is 89.3 Å². The van der Waals surface area contributed by atoms with Crippen molar-refractivity contribution < 1.29 is 13.9 Å². The number of benzene rings is 2. The van der Waals surface area contributed by atoms with Crippen LogP contribution in [0.3, 0.4) is 0 Å². The van der Waals surface area contributed by atoms with Crippen molar-refractivity contribution in [2.75, 3.05) is 11.1 Å². The maximum Gasteiger partial charge on any atom is 0.255 e. The SMILES string of the molecule is CC(F)CCC(NCc1ccc(C(=O)Nc2ccnc(N)c2)cc1)OCc1ccccc1. The highest BCUT2D eigenvalue weighted by atomic mass is 19.1. The summed E-state index contributed by atoms with van der Waals surface area (Å²) in [6, 6.07) is 20.5. The van der Waals surface area contributed by atoms with Gasteiger partial charge in [-0.25, -0.2) is 9.37 Å². The van der Waals surface area contributed by atoms with E-state index in [4.69, 9.17) is 10.5 Å². The molecule has 2 unspecified atom stereocenters. The third kappa shape index (κ3) is 7.76. The molecular formula is C25H29FN4O2. The Morgan fingerprint density at radius 1 is 1.06 bits per heavy atom. The number of nitrogens with two attached hydrogens (primary N) is 1. The molecule has 0 bridgehead atoms. The number of amides is 1. The van der Waals surface area contributed by atoms with Crippen molar-refractivity contribution in [2.45, 2.75) is 45.3 Å². The van der Waals surface area contributed by atoms with Gasteiger partial charge in [-0.1, -0.05) is 42.5 Å². The van der Waals surface area contributed by atoms with Gasteiger partial charge in [0.1, 0.15) is 12.0 Å². The number of nitrogen functional groups attached to an aromatic ring is 1. The van der Waals surface area contributed by atoms with Gasteiger partial charge in [-0.2, -0.15) is 0 Å². The van der Waals surface area contributed by atoms with Gasteiger partial charge in [0.25, 0.3) is 5.91 Å². The van der Waals surface area contributed by atoms with Crippen LogP contribution in [0.5, 0.6) is 0 Å². The predicted octanol–water partition coefficient (Wildman–Crippen LogP) is 4.69. The lowest BCUT2D eigenvalue weighted by Crippen LogP contribution is -2.32. The lowest BCUT2D eigenvalue weighted by Gasteiger charge is -2.20. The van der Waals surface area contributed by atoms with E-state index in [1.54, 1.807) is 37.4 Å². The van der Waals surface area contributed by atoms with Crippen LogP contribution >= 0.6 is 0 Å². The minimum atomic E-state index is -0.881. The maximum absolute atomic E-state index is 13.4. The molecule has 0 radical (unpaired) electrons. The number of rotatable bonds is 11. The van der Waals surface area contributed by atoms with Gasteiger partial charge in [-0.05, 0) is 49.1 Å². The highest BCUT2D eigenvalue weighted by Gasteiger charge is 2.12. The Morgan fingerprint density at radius 3 is 2.50 bits per heavy atom. The van der Waals surface area contributed by atoms with Crippen LogP contribution < -0.4 is 16.4 Å².